The van der Waals surface area contributed by atoms with Crippen molar-refractivity contribution in [1.29, 1.82) is 0 Å². The average molecular weight is 206 g/mol. The van der Waals surface area contributed by atoms with Crippen LogP contribution < -0.4 is 5.73 Å². The lowest BCUT2D eigenvalue weighted by atomic mass is 10.2. The highest BCUT2D eigenvalue weighted by Crippen LogP contribution is 2.14. The fourth-order valence-corrected chi connectivity index (χ4v) is 1.59. The smallest absolute Gasteiger partial charge is 0.113 e. The van der Waals surface area contributed by atoms with E-state index in [0.29, 0.717) is 13.2 Å². The van der Waals surface area contributed by atoms with Gasteiger partial charge in [0.2, 0.25) is 0 Å². The molecule has 5 nitrogen and oxygen atoms in total. The zero-order valence-electron chi connectivity index (χ0n) is 8.63. The van der Waals surface area contributed by atoms with Gasteiger partial charge in [-0.2, -0.15) is 0 Å². The molecule has 5 heteroatoms. The molecule has 1 heterocycles. The van der Waals surface area contributed by atoms with Crippen LogP contribution in [-0.4, -0.2) is 35.3 Å². The molecule has 15 heavy (non-hydrogen) atoms. The van der Waals surface area contributed by atoms with Crippen molar-refractivity contribution < 1.29 is 4.74 Å². The molecule has 1 unspecified atom stereocenters. The van der Waals surface area contributed by atoms with Gasteiger partial charge in [-0.3, -0.25) is 0 Å². The molecule has 2 N–H and O–H groups in total. The van der Waals surface area contributed by atoms with Gasteiger partial charge in [0.25, 0.3) is 0 Å². The molecule has 0 bridgehead atoms. The number of rotatable bonds is 4. The first kappa shape index (κ1) is 10.1. The summed E-state index contributed by atoms with van der Waals surface area (Å²) in [6.07, 6.45) is 0. The molecule has 0 saturated carbocycles. The first-order valence-electron chi connectivity index (χ1n) is 4.85. The Morgan fingerprint density at radius 2 is 2.27 bits per heavy atom. The topological polar surface area (TPSA) is 66.0 Å². The summed E-state index contributed by atoms with van der Waals surface area (Å²) in [6.45, 7) is 1.03. The van der Waals surface area contributed by atoms with Gasteiger partial charge in [0, 0.05) is 13.7 Å². The van der Waals surface area contributed by atoms with Gasteiger partial charge in [-0.1, -0.05) is 17.3 Å². The van der Waals surface area contributed by atoms with E-state index in [1.807, 2.05) is 28.9 Å². The van der Waals surface area contributed by atoms with Gasteiger partial charge >= 0.3 is 0 Å². The van der Waals surface area contributed by atoms with E-state index in [9.17, 15) is 0 Å². The molecule has 0 fully saturated rings. The minimum absolute atomic E-state index is 0.0439. The Kier molecular flexibility index (Phi) is 2.94. The second-order valence-electron chi connectivity index (χ2n) is 3.37. The number of nitrogens with zero attached hydrogens (tertiary/aromatic N) is 3. The molecule has 80 valence electrons. The van der Waals surface area contributed by atoms with E-state index in [0.717, 1.165) is 11.0 Å². The third-order valence-electron chi connectivity index (χ3n) is 2.35. The van der Waals surface area contributed by atoms with E-state index in [2.05, 4.69) is 10.3 Å². The summed E-state index contributed by atoms with van der Waals surface area (Å²) in [5, 5.41) is 8.16. The Labute approximate surface area is 87.8 Å². The Bertz CT molecular complexity index is 440. The Hall–Kier alpha value is -1.46. The van der Waals surface area contributed by atoms with E-state index >= 15 is 0 Å². The quantitative estimate of drug-likeness (QED) is 0.794. The number of hydrogen-bond donors (Lipinski definition) is 1. The predicted molar refractivity (Wildman–Crippen MR) is 57.5 cm³/mol. The SMILES string of the molecule is COCC(CN)n1nnc2ccccc21. The van der Waals surface area contributed by atoms with Gasteiger partial charge in [-0.15, -0.1) is 5.10 Å². The summed E-state index contributed by atoms with van der Waals surface area (Å²) in [7, 11) is 1.65. The number of hydrogen-bond acceptors (Lipinski definition) is 4. The summed E-state index contributed by atoms with van der Waals surface area (Å²) >= 11 is 0. The number of para-hydroxylation sites is 1. The van der Waals surface area contributed by atoms with Crippen LogP contribution in [0.2, 0.25) is 0 Å². The van der Waals surface area contributed by atoms with Crippen molar-refractivity contribution in [1.82, 2.24) is 15.0 Å². The molecule has 1 aromatic heterocycles. The van der Waals surface area contributed by atoms with Crippen molar-refractivity contribution in [3.8, 4) is 0 Å². The lowest BCUT2D eigenvalue weighted by Gasteiger charge is -2.14. The van der Waals surface area contributed by atoms with Crippen molar-refractivity contribution in [2.45, 2.75) is 6.04 Å². The highest BCUT2D eigenvalue weighted by molar-refractivity contribution is 5.73. The second kappa shape index (κ2) is 4.37. The van der Waals surface area contributed by atoms with Gasteiger partial charge in [-0.05, 0) is 12.1 Å². The van der Waals surface area contributed by atoms with Crippen molar-refractivity contribution >= 4 is 11.0 Å². The van der Waals surface area contributed by atoms with E-state index in [-0.39, 0.29) is 6.04 Å². The summed E-state index contributed by atoms with van der Waals surface area (Å²) in [6, 6.07) is 7.85. The van der Waals surface area contributed by atoms with E-state index in [4.69, 9.17) is 10.5 Å². The molecule has 0 spiro atoms. The number of methoxy groups -OCH3 is 1. The molecular formula is C10H14N4O. The Morgan fingerprint density at radius 3 is 3.00 bits per heavy atom. The maximum absolute atomic E-state index is 5.67. The first-order valence-corrected chi connectivity index (χ1v) is 4.85. The lowest BCUT2D eigenvalue weighted by molar-refractivity contribution is 0.153. The third kappa shape index (κ3) is 1.84. The van der Waals surface area contributed by atoms with Crippen LogP contribution in [0.25, 0.3) is 11.0 Å². The average Bonchev–Trinajstić information content (AvgIpc) is 2.70. The Balaban J connectivity index is 2.41. The van der Waals surface area contributed by atoms with Gasteiger partial charge in [0.05, 0.1) is 18.2 Å². The van der Waals surface area contributed by atoms with Crippen LogP contribution in [0.3, 0.4) is 0 Å². The maximum atomic E-state index is 5.67. The minimum atomic E-state index is 0.0439. The predicted octanol–water partition coefficient (Wildman–Crippen LogP) is 0.577. The fraction of sp³-hybridized carbons (Fsp3) is 0.400. The van der Waals surface area contributed by atoms with E-state index in [1.165, 1.54) is 0 Å². The van der Waals surface area contributed by atoms with Crippen LogP contribution in [0.5, 0.6) is 0 Å². The zero-order valence-corrected chi connectivity index (χ0v) is 8.63. The summed E-state index contributed by atoms with van der Waals surface area (Å²) in [5.74, 6) is 0. The molecule has 0 radical (unpaired) electrons. The van der Waals surface area contributed by atoms with Gasteiger partial charge < -0.3 is 10.5 Å². The van der Waals surface area contributed by atoms with Crippen molar-refractivity contribution in [3.05, 3.63) is 24.3 Å². The summed E-state index contributed by atoms with van der Waals surface area (Å²) < 4.78 is 6.92. The van der Waals surface area contributed by atoms with E-state index < -0.39 is 0 Å². The standard InChI is InChI=1S/C10H14N4O/c1-15-7-8(6-11)14-10-5-3-2-4-9(10)12-13-14/h2-5,8H,6-7,11H2,1H3. The molecule has 0 aliphatic rings. The van der Waals surface area contributed by atoms with Crippen molar-refractivity contribution in [2.75, 3.05) is 20.3 Å². The Morgan fingerprint density at radius 1 is 1.47 bits per heavy atom. The largest absolute Gasteiger partial charge is 0.382 e. The first-order chi connectivity index (χ1) is 7.36. The summed E-state index contributed by atoms with van der Waals surface area (Å²) in [5.41, 5.74) is 7.54. The van der Waals surface area contributed by atoms with Gasteiger partial charge in [0.1, 0.15) is 5.52 Å². The molecule has 2 rings (SSSR count). The molecule has 1 atom stereocenters. The lowest BCUT2D eigenvalue weighted by Crippen LogP contribution is -2.24. The number of nitrogens with two attached hydrogens (primary N) is 1. The van der Waals surface area contributed by atoms with Crippen molar-refractivity contribution in [3.63, 3.8) is 0 Å². The van der Waals surface area contributed by atoms with Crippen LogP contribution >= 0.6 is 0 Å². The molecule has 2 aromatic rings. The number of aromatic nitrogens is 3. The van der Waals surface area contributed by atoms with Crippen molar-refractivity contribution in [2.24, 2.45) is 5.73 Å². The molecule has 0 aliphatic heterocycles. The van der Waals surface area contributed by atoms with Crippen LogP contribution in [0.4, 0.5) is 0 Å². The highest BCUT2D eigenvalue weighted by atomic mass is 16.5. The number of benzene rings is 1. The van der Waals surface area contributed by atoms with Crippen LogP contribution in [-0.2, 0) is 4.74 Å². The maximum Gasteiger partial charge on any atom is 0.113 e. The monoisotopic (exact) mass is 206 g/mol. The third-order valence-corrected chi connectivity index (χ3v) is 2.35. The van der Waals surface area contributed by atoms with Crippen LogP contribution in [0, 0.1) is 0 Å². The number of fused-ring (bicyclic) bond motifs is 1. The molecule has 0 saturated heterocycles. The normalized spacial score (nSPS) is 13.2. The molecule has 0 amide bonds. The molecule has 0 aliphatic carbocycles. The summed E-state index contributed by atoms with van der Waals surface area (Å²) in [4.78, 5) is 0. The second-order valence-corrected chi connectivity index (χ2v) is 3.37. The van der Waals surface area contributed by atoms with Crippen LogP contribution in [0.1, 0.15) is 6.04 Å². The highest BCUT2D eigenvalue weighted by Gasteiger charge is 2.13. The molecular weight excluding hydrogens is 192 g/mol. The van der Waals surface area contributed by atoms with E-state index in [1.54, 1.807) is 7.11 Å². The zero-order chi connectivity index (χ0) is 10.7. The number of ether oxygens (including phenoxy) is 1. The minimum Gasteiger partial charge on any atom is -0.382 e. The van der Waals surface area contributed by atoms with Gasteiger partial charge in [-0.25, -0.2) is 4.68 Å². The van der Waals surface area contributed by atoms with Gasteiger partial charge in [0.15, 0.2) is 0 Å². The fourth-order valence-electron chi connectivity index (χ4n) is 1.59. The molecule has 1 aromatic carbocycles. The van der Waals surface area contributed by atoms with Crippen LogP contribution in [0.15, 0.2) is 24.3 Å².